The molecule has 2 aromatic rings. The minimum absolute atomic E-state index is 0.00496. The van der Waals surface area contributed by atoms with Crippen LogP contribution in [0.4, 0.5) is 4.39 Å². The Kier molecular flexibility index (Phi) is 4.70. The Balaban J connectivity index is 1.96. The summed E-state index contributed by atoms with van der Waals surface area (Å²) in [4.78, 5) is 16.1. The van der Waals surface area contributed by atoms with Gasteiger partial charge in [-0.25, -0.2) is 9.37 Å². The van der Waals surface area contributed by atoms with E-state index in [9.17, 15) is 14.3 Å². The predicted molar refractivity (Wildman–Crippen MR) is 75.9 cm³/mol. The van der Waals surface area contributed by atoms with Crippen LogP contribution in [-0.2, 0) is 6.54 Å². The van der Waals surface area contributed by atoms with E-state index >= 15 is 0 Å². The topological polar surface area (TPSA) is 64.3 Å². The van der Waals surface area contributed by atoms with E-state index in [1.165, 1.54) is 35.2 Å². The van der Waals surface area contributed by atoms with Gasteiger partial charge in [0.05, 0.1) is 12.9 Å². The van der Waals surface area contributed by atoms with Gasteiger partial charge in [-0.05, 0) is 38.1 Å². The molecule has 1 N–H and O–H groups in total. The van der Waals surface area contributed by atoms with Gasteiger partial charge in [0.15, 0.2) is 0 Å². The van der Waals surface area contributed by atoms with Gasteiger partial charge in [-0.3, -0.25) is 9.36 Å². The van der Waals surface area contributed by atoms with Crippen LogP contribution in [0.25, 0.3) is 0 Å². The first kappa shape index (κ1) is 15.2. The Morgan fingerprint density at radius 2 is 2.00 bits per heavy atom. The number of hydrogen-bond donors (Lipinski definition) is 1. The van der Waals surface area contributed by atoms with Crippen molar-refractivity contribution in [2.45, 2.75) is 26.5 Å². The van der Waals surface area contributed by atoms with E-state index in [1.807, 2.05) is 0 Å². The highest BCUT2D eigenvalue weighted by Gasteiger charge is 2.10. The molecule has 0 unspecified atom stereocenters. The third kappa shape index (κ3) is 3.88. The Bertz CT molecular complexity index is 668. The molecule has 1 aromatic heterocycles. The maximum absolute atomic E-state index is 12.7. The summed E-state index contributed by atoms with van der Waals surface area (Å²) < 4.78 is 19.4. The molecule has 0 bridgehead atoms. The van der Waals surface area contributed by atoms with Crippen LogP contribution >= 0.6 is 0 Å². The van der Waals surface area contributed by atoms with Crippen LogP contribution in [0.5, 0.6) is 5.75 Å². The van der Waals surface area contributed by atoms with Gasteiger partial charge in [0.1, 0.15) is 24.3 Å². The van der Waals surface area contributed by atoms with Gasteiger partial charge in [-0.1, -0.05) is 0 Å². The average molecular weight is 292 g/mol. The molecule has 112 valence electrons. The van der Waals surface area contributed by atoms with Crippen LogP contribution in [0.3, 0.4) is 0 Å². The van der Waals surface area contributed by atoms with Crippen molar-refractivity contribution in [3.63, 3.8) is 0 Å². The van der Waals surface area contributed by atoms with Gasteiger partial charge in [0.25, 0.3) is 5.56 Å². The van der Waals surface area contributed by atoms with Crippen LogP contribution in [0.2, 0.25) is 0 Å². The summed E-state index contributed by atoms with van der Waals surface area (Å²) in [7, 11) is 0. The number of aliphatic hydroxyl groups excluding tert-OH is 1. The van der Waals surface area contributed by atoms with Crippen LogP contribution in [0.15, 0.2) is 35.4 Å². The lowest BCUT2D eigenvalue weighted by atomic mass is 10.2. The number of aromatic nitrogens is 2. The second-order valence-corrected chi connectivity index (χ2v) is 4.83. The summed E-state index contributed by atoms with van der Waals surface area (Å²) in [6.07, 6.45) is 0.544. The minimum Gasteiger partial charge on any atom is -0.491 e. The lowest BCUT2D eigenvalue weighted by Crippen LogP contribution is -2.31. The maximum atomic E-state index is 12.7. The predicted octanol–water partition coefficient (Wildman–Crippen LogP) is 1.44. The van der Waals surface area contributed by atoms with E-state index in [4.69, 9.17) is 4.74 Å². The number of aryl methyl sites for hydroxylation is 1. The van der Waals surface area contributed by atoms with E-state index < -0.39 is 6.10 Å². The van der Waals surface area contributed by atoms with Gasteiger partial charge < -0.3 is 9.84 Å². The summed E-state index contributed by atoms with van der Waals surface area (Å²) in [6.45, 7) is 3.55. The van der Waals surface area contributed by atoms with Gasteiger partial charge in [-0.2, -0.15) is 0 Å². The fourth-order valence-corrected chi connectivity index (χ4v) is 1.81. The second kappa shape index (κ2) is 6.49. The van der Waals surface area contributed by atoms with E-state index in [2.05, 4.69) is 4.98 Å². The smallest absolute Gasteiger partial charge is 0.256 e. The lowest BCUT2D eigenvalue weighted by Gasteiger charge is -2.14. The van der Waals surface area contributed by atoms with Gasteiger partial charge in [0, 0.05) is 11.3 Å². The molecule has 0 saturated carbocycles. The molecule has 5 nitrogen and oxygen atoms in total. The van der Waals surface area contributed by atoms with E-state index in [0.717, 1.165) is 0 Å². The number of nitrogens with zero attached hydrogens (tertiary/aromatic N) is 2. The van der Waals surface area contributed by atoms with Crippen molar-refractivity contribution in [2.24, 2.45) is 0 Å². The van der Waals surface area contributed by atoms with Crippen molar-refractivity contribution in [1.82, 2.24) is 9.55 Å². The third-order valence-electron chi connectivity index (χ3n) is 3.18. The normalized spacial score (nSPS) is 12.2. The molecule has 6 heteroatoms. The quantitative estimate of drug-likeness (QED) is 0.905. The SMILES string of the molecule is Cc1ncn(C[C@@H](O)COc2ccc(F)cc2)c(=O)c1C. The first-order valence-corrected chi connectivity index (χ1v) is 6.56. The summed E-state index contributed by atoms with van der Waals surface area (Å²) in [5.74, 6) is 0.108. The number of benzene rings is 1. The number of aliphatic hydroxyl groups is 1. The van der Waals surface area contributed by atoms with Crippen LogP contribution < -0.4 is 10.3 Å². The summed E-state index contributed by atoms with van der Waals surface area (Å²) in [5, 5.41) is 9.92. The van der Waals surface area contributed by atoms with Gasteiger partial charge in [-0.15, -0.1) is 0 Å². The number of ether oxygens (including phenoxy) is 1. The Hall–Kier alpha value is -2.21. The van der Waals surface area contributed by atoms with Crippen molar-refractivity contribution in [2.75, 3.05) is 6.61 Å². The molecule has 0 saturated heterocycles. The van der Waals surface area contributed by atoms with E-state index in [0.29, 0.717) is 17.0 Å². The summed E-state index contributed by atoms with van der Waals surface area (Å²) >= 11 is 0. The number of hydrogen-bond acceptors (Lipinski definition) is 4. The molecular weight excluding hydrogens is 275 g/mol. The van der Waals surface area contributed by atoms with Crippen molar-refractivity contribution >= 4 is 0 Å². The van der Waals surface area contributed by atoms with E-state index in [-0.39, 0.29) is 24.5 Å². The fraction of sp³-hybridized carbons (Fsp3) is 0.333. The van der Waals surface area contributed by atoms with Crippen molar-refractivity contribution in [3.05, 3.63) is 58.0 Å². The molecule has 0 aliphatic rings. The molecule has 1 aromatic carbocycles. The summed E-state index contributed by atoms with van der Waals surface area (Å²) in [5.41, 5.74) is 1.06. The highest BCUT2D eigenvalue weighted by atomic mass is 19.1. The first-order chi connectivity index (χ1) is 9.97. The standard InChI is InChI=1S/C15H17FN2O3/c1-10-11(2)17-9-18(15(10)20)7-13(19)8-21-14-5-3-12(16)4-6-14/h3-6,9,13,19H,7-8H2,1-2H3/t13-/m1/s1. The zero-order chi connectivity index (χ0) is 15.4. The zero-order valence-electron chi connectivity index (χ0n) is 11.9. The van der Waals surface area contributed by atoms with E-state index in [1.54, 1.807) is 13.8 Å². The number of rotatable bonds is 5. The average Bonchev–Trinajstić information content (AvgIpc) is 2.47. The van der Waals surface area contributed by atoms with Crippen LogP contribution in [0, 0.1) is 19.7 Å². The zero-order valence-corrected chi connectivity index (χ0v) is 11.9. The third-order valence-corrected chi connectivity index (χ3v) is 3.18. The van der Waals surface area contributed by atoms with Gasteiger partial charge >= 0.3 is 0 Å². The highest BCUT2D eigenvalue weighted by molar-refractivity contribution is 5.22. The molecule has 0 aliphatic carbocycles. The van der Waals surface area contributed by atoms with Crippen molar-refractivity contribution in [1.29, 1.82) is 0 Å². The monoisotopic (exact) mass is 292 g/mol. The largest absolute Gasteiger partial charge is 0.491 e. The lowest BCUT2D eigenvalue weighted by molar-refractivity contribution is 0.0912. The van der Waals surface area contributed by atoms with Crippen LogP contribution in [0.1, 0.15) is 11.3 Å². The van der Waals surface area contributed by atoms with Crippen molar-refractivity contribution < 1.29 is 14.2 Å². The molecule has 0 fully saturated rings. The molecule has 0 radical (unpaired) electrons. The Morgan fingerprint density at radius 1 is 1.33 bits per heavy atom. The first-order valence-electron chi connectivity index (χ1n) is 6.56. The molecule has 2 rings (SSSR count). The maximum Gasteiger partial charge on any atom is 0.256 e. The molecule has 1 heterocycles. The molecule has 0 aliphatic heterocycles. The molecule has 21 heavy (non-hydrogen) atoms. The molecule has 0 spiro atoms. The highest BCUT2D eigenvalue weighted by Crippen LogP contribution is 2.11. The van der Waals surface area contributed by atoms with Gasteiger partial charge in [0.2, 0.25) is 0 Å². The Morgan fingerprint density at radius 3 is 2.67 bits per heavy atom. The number of halogens is 1. The molecule has 0 amide bonds. The fourth-order valence-electron chi connectivity index (χ4n) is 1.81. The summed E-state index contributed by atoms with van der Waals surface area (Å²) in [6, 6.07) is 5.51. The van der Waals surface area contributed by atoms with Crippen LogP contribution in [-0.4, -0.2) is 27.4 Å². The van der Waals surface area contributed by atoms with Crippen molar-refractivity contribution in [3.8, 4) is 5.75 Å². The molecular formula is C15H17FN2O3. The molecule has 1 atom stereocenters. The minimum atomic E-state index is -0.864. The Labute approximate surface area is 121 Å². The second-order valence-electron chi connectivity index (χ2n) is 4.83.